The molecule has 0 unspecified atom stereocenters. The Labute approximate surface area is 76.5 Å². The molecule has 0 atom stereocenters. The van der Waals surface area contributed by atoms with E-state index in [-0.39, 0.29) is 6.42 Å². The Morgan fingerprint density at radius 3 is 2.75 bits per heavy atom. The van der Waals surface area contributed by atoms with Crippen LogP contribution in [0.4, 0.5) is 0 Å². The summed E-state index contributed by atoms with van der Waals surface area (Å²) in [6.07, 6.45) is 2.59. The van der Waals surface area contributed by atoms with Gasteiger partial charge in [-0.2, -0.15) is 11.8 Å². The normalized spacial score (nSPS) is 19.3. The molecule has 1 saturated heterocycles. The van der Waals surface area contributed by atoms with Gasteiger partial charge in [0.2, 0.25) is 0 Å². The predicted molar refractivity (Wildman–Crippen MR) is 48.6 cm³/mol. The molecule has 0 spiro atoms. The molecule has 1 aliphatic rings. The summed E-state index contributed by atoms with van der Waals surface area (Å²) in [5.41, 5.74) is 0. The van der Waals surface area contributed by atoms with Crippen LogP contribution in [-0.2, 0) is 9.53 Å². The lowest BCUT2D eigenvalue weighted by atomic mass is 10.2. The van der Waals surface area contributed by atoms with Gasteiger partial charge in [0.15, 0.2) is 0 Å². The van der Waals surface area contributed by atoms with Gasteiger partial charge >= 0.3 is 5.97 Å². The van der Waals surface area contributed by atoms with Gasteiger partial charge in [0.25, 0.3) is 0 Å². The zero-order valence-corrected chi connectivity index (χ0v) is 7.81. The average molecular weight is 190 g/mol. The number of aliphatic carboxylic acids is 1. The summed E-state index contributed by atoms with van der Waals surface area (Å²) in [6.45, 7) is 0.366. The highest BCUT2D eigenvalue weighted by Gasteiger charge is 2.13. The van der Waals surface area contributed by atoms with Gasteiger partial charge < -0.3 is 9.84 Å². The smallest absolute Gasteiger partial charge is 0.305 e. The first-order valence-electron chi connectivity index (χ1n) is 4.20. The molecular formula is C8H14O3S. The molecule has 1 rings (SSSR count). The Bertz CT molecular complexity index is 143. The van der Waals surface area contributed by atoms with E-state index in [0.717, 1.165) is 24.3 Å². The van der Waals surface area contributed by atoms with Crippen molar-refractivity contribution in [2.75, 3.05) is 18.1 Å². The van der Waals surface area contributed by atoms with Crippen LogP contribution in [0.2, 0.25) is 0 Å². The summed E-state index contributed by atoms with van der Waals surface area (Å²) in [4.78, 5) is 10.2. The number of carboxylic acid groups (broad SMARTS) is 1. The summed E-state index contributed by atoms with van der Waals surface area (Å²) in [7, 11) is 0. The van der Waals surface area contributed by atoms with Gasteiger partial charge in [0, 0.05) is 0 Å². The van der Waals surface area contributed by atoms with E-state index in [1.807, 2.05) is 11.8 Å². The van der Waals surface area contributed by atoms with Gasteiger partial charge in [0.1, 0.15) is 0 Å². The quantitative estimate of drug-likeness (QED) is 0.727. The van der Waals surface area contributed by atoms with Gasteiger partial charge in [-0.05, 0) is 24.3 Å². The second-order valence-corrected chi connectivity index (χ2v) is 4.05. The molecular weight excluding hydrogens is 176 g/mol. The van der Waals surface area contributed by atoms with Crippen LogP contribution in [0.15, 0.2) is 0 Å². The first-order chi connectivity index (χ1) is 5.79. The van der Waals surface area contributed by atoms with E-state index in [4.69, 9.17) is 9.84 Å². The molecule has 12 heavy (non-hydrogen) atoms. The Hall–Kier alpha value is -0.220. The van der Waals surface area contributed by atoms with E-state index in [0.29, 0.717) is 12.7 Å². The first-order valence-corrected chi connectivity index (χ1v) is 5.35. The average Bonchev–Trinajstić information content (AvgIpc) is 2.05. The molecule has 4 heteroatoms. The fourth-order valence-corrected chi connectivity index (χ4v) is 2.22. The lowest BCUT2D eigenvalue weighted by Gasteiger charge is -2.21. The van der Waals surface area contributed by atoms with Crippen molar-refractivity contribution in [1.29, 1.82) is 0 Å². The van der Waals surface area contributed by atoms with Gasteiger partial charge in [-0.1, -0.05) is 0 Å². The number of carbonyl (C=O) groups is 1. The lowest BCUT2D eigenvalue weighted by Crippen LogP contribution is -2.20. The van der Waals surface area contributed by atoms with E-state index in [9.17, 15) is 4.79 Å². The van der Waals surface area contributed by atoms with Gasteiger partial charge in [-0.15, -0.1) is 0 Å². The minimum Gasteiger partial charge on any atom is -0.481 e. The monoisotopic (exact) mass is 190 g/mol. The third-order valence-electron chi connectivity index (χ3n) is 1.84. The van der Waals surface area contributed by atoms with Crippen molar-refractivity contribution in [2.45, 2.75) is 25.4 Å². The van der Waals surface area contributed by atoms with Crippen molar-refractivity contribution in [3.05, 3.63) is 0 Å². The van der Waals surface area contributed by atoms with Crippen LogP contribution < -0.4 is 0 Å². The van der Waals surface area contributed by atoms with Gasteiger partial charge in [-0.25, -0.2) is 0 Å². The second kappa shape index (κ2) is 5.43. The van der Waals surface area contributed by atoms with Crippen LogP contribution in [0.25, 0.3) is 0 Å². The molecule has 0 amide bonds. The Morgan fingerprint density at radius 1 is 1.50 bits per heavy atom. The maximum atomic E-state index is 10.2. The molecule has 1 N–H and O–H groups in total. The standard InChI is InChI=1S/C8H14O3S/c9-8(10)1-4-11-7-2-5-12-6-3-7/h7H,1-6H2,(H,9,10). The number of ether oxygens (including phenoxy) is 1. The molecule has 0 aromatic rings. The zero-order chi connectivity index (χ0) is 8.81. The van der Waals surface area contributed by atoms with Crippen LogP contribution in [-0.4, -0.2) is 35.3 Å². The largest absolute Gasteiger partial charge is 0.481 e. The first kappa shape index (κ1) is 9.86. The number of hydrogen-bond donors (Lipinski definition) is 1. The Balaban J connectivity index is 2.01. The van der Waals surface area contributed by atoms with Gasteiger partial charge in [0.05, 0.1) is 19.1 Å². The van der Waals surface area contributed by atoms with Crippen LogP contribution in [0.5, 0.6) is 0 Å². The lowest BCUT2D eigenvalue weighted by molar-refractivity contribution is -0.138. The van der Waals surface area contributed by atoms with Crippen LogP contribution in [0.1, 0.15) is 19.3 Å². The molecule has 1 heterocycles. The maximum absolute atomic E-state index is 10.2. The van der Waals surface area contributed by atoms with E-state index in [2.05, 4.69) is 0 Å². The molecule has 1 fully saturated rings. The van der Waals surface area contributed by atoms with E-state index < -0.39 is 5.97 Å². The van der Waals surface area contributed by atoms with E-state index in [1.54, 1.807) is 0 Å². The minimum atomic E-state index is -0.778. The van der Waals surface area contributed by atoms with Crippen molar-refractivity contribution >= 4 is 17.7 Å². The van der Waals surface area contributed by atoms with Crippen LogP contribution >= 0.6 is 11.8 Å². The minimum absolute atomic E-state index is 0.129. The second-order valence-electron chi connectivity index (χ2n) is 2.83. The molecule has 0 aromatic heterocycles. The summed E-state index contributed by atoms with van der Waals surface area (Å²) in [5.74, 6) is 1.52. The van der Waals surface area contributed by atoms with E-state index >= 15 is 0 Å². The van der Waals surface area contributed by atoms with Crippen molar-refractivity contribution in [2.24, 2.45) is 0 Å². The third kappa shape index (κ3) is 3.97. The summed E-state index contributed by atoms with van der Waals surface area (Å²) >= 11 is 1.94. The molecule has 0 radical (unpaired) electrons. The van der Waals surface area contributed by atoms with Crippen molar-refractivity contribution in [3.63, 3.8) is 0 Å². The number of rotatable bonds is 4. The molecule has 1 aliphatic heterocycles. The molecule has 0 aromatic carbocycles. The highest BCUT2D eigenvalue weighted by molar-refractivity contribution is 7.99. The predicted octanol–water partition coefficient (Wildman–Crippen LogP) is 1.37. The maximum Gasteiger partial charge on any atom is 0.305 e. The number of carboxylic acids is 1. The summed E-state index contributed by atoms with van der Waals surface area (Å²) in [5, 5.41) is 8.36. The fraction of sp³-hybridized carbons (Fsp3) is 0.875. The summed E-state index contributed by atoms with van der Waals surface area (Å²) < 4.78 is 5.40. The molecule has 0 bridgehead atoms. The summed E-state index contributed by atoms with van der Waals surface area (Å²) in [6, 6.07) is 0. The van der Waals surface area contributed by atoms with Crippen LogP contribution in [0.3, 0.4) is 0 Å². The zero-order valence-electron chi connectivity index (χ0n) is 6.99. The van der Waals surface area contributed by atoms with Crippen molar-refractivity contribution in [1.82, 2.24) is 0 Å². The number of hydrogen-bond acceptors (Lipinski definition) is 3. The Kier molecular flexibility index (Phi) is 4.46. The van der Waals surface area contributed by atoms with Gasteiger partial charge in [-0.3, -0.25) is 4.79 Å². The topological polar surface area (TPSA) is 46.5 Å². The van der Waals surface area contributed by atoms with Crippen molar-refractivity contribution in [3.8, 4) is 0 Å². The Morgan fingerprint density at radius 2 is 2.17 bits per heavy atom. The SMILES string of the molecule is O=C(O)CCOC1CCSCC1. The van der Waals surface area contributed by atoms with Crippen molar-refractivity contribution < 1.29 is 14.6 Å². The fourth-order valence-electron chi connectivity index (χ4n) is 1.16. The molecule has 70 valence electrons. The molecule has 0 aliphatic carbocycles. The van der Waals surface area contributed by atoms with Crippen LogP contribution in [0, 0.1) is 0 Å². The van der Waals surface area contributed by atoms with E-state index in [1.165, 1.54) is 0 Å². The molecule has 0 saturated carbocycles. The number of thioether (sulfide) groups is 1. The third-order valence-corrected chi connectivity index (χ3v) is 2.89. The molecule has 3 nitrogen and oxygen atoms in total. The highest BCUT2D eigenvalue weighted by Crippen LogP contribution is 2.19. The highest BCUT2D eigenvalue weighted by atomic mass is 32.2.